The second-order valence-corrected chi connectivity index (χ2v) is 7.73. The van der Waals surface area contributed by atoms with E-state index in [0.717, 1.165) is 24.2 Å². The van der Waals surface area contributed by atoms with E-state index < -0.39 is 0 Å². The van der Waals surface area contributed by atoms with Gasteiger partial charge in [0.15, 0.2) is 5.13 Å². The monoisotopic (exact) mass is 337 g/mol. The van der Waals surface area contributed by atoms with Crippen molar-refractivity contribution in [2.45, 2.75) is 46.1 Å². The molecule has 2 aromatic rings. The highest BCUT2D eigenvalue weighted by Crippen LogP contribution is 2.32. The third kappa shape index (κ3) is 3.30. The lowest BCUT2D eigenvalue weighted by Gasteiger charge is -2.15. The Hall–Kier alpha value is -1.47. The summed E-state index contributed by atoms with van der Waals surface area (Å²) in [5.74, 6) is 0.613. The highest BCUT2D eigenvalue weighted by molar-refractivity contribution is 7.15. The van der Waals surface area contributed by atoms with Crippen molar-refractivity contribution < 1.29 is 4.79 Å². The zero-order chi connectivity index (χ0) is 15.7. The number of rotatable bonds is 4. The minimum absolute atomic E-state index is 0.0102. The van der Waals surface area contributed by atoms with Gasteiger partial charge in [0.25, 0.3) is 0 Å². The molecule has 1 unspecified atom stereocenters. The van der Waals surface area contributed by atoms with Crippen molar-refractivity contribution in [2.24, 2.45) is 5.92 Å². The summed E-state index contributed by atoms with van der Waals surface area (Å²) in [5.41, 5.74) is 2.05. The number of nitrogens with zero attached hydrogens (tertiary/aromatic N) is 2. The van der Waals surface area contributed by atoms with E-state index in [9.17, 15) is 9.59 Å². The predicted octanol–water partition coefficient (Wildman–Crippen LogP) is 2.83. The molecule has 0 radical (unpaired) electrons. The molecule has 1 atom stereocenters. The lowest BCUT2D eigenvalue weighted by molar-refractivity contribution is -0.116. The molecule has 5 nitrogen and oxygen atoms in total. The third-order valence-electron chi connectivity index (χ3n) is 3.97. The van der Waals surface area contributed by atoms with Crippen molar-refractivity contribution in [3.63, 3.8) is 0 Å². The zero-order valence-electron chi connectivity index (χ0n) is 12.7. The zero-order valence-corrected chi connectivity index (χ0v) is 14.4. The van der Waals surface area contributed by atoms with Gasteiger partial charge in [-0.05, 0) is 32.1 Å². The van der Waals surface area contributed by atoms with Gasteiger partial charge in [-0.15, -0.1) is 11.3 Å². The van der Waals surface area contributed by atoms with Gasteiger partial charge < -0.3 is 9.88 Å². The van der Waals surface area contributed by atoms with E-state index in [0.29, 0.717) is 17.6 Å². The van der Waals surface area contributed by atoms with E-state index in [4.69, 9.17) is 0 Å². The first kappa shape index (κ1) is 15.4. The summed E-state index contributed by atoms with van der Waals surface area (Å²) in [5, 5.41) is 5.38. The molecule has 7 heteroatoms. The quantitative estimate of drug-likeness (QED) is 0.933. The van der Waals surface area contributed by atoms with Crippen LogP contribution in [-0.2, 0) is 24.2 Å². The van der Waals surface area contributed by atoms with E-state index >= 15 is 0 Å². The molecule has 0 saturated heterocycles. The molecule has 1 amide bonds. The van der Waals surface area contributed by atoms with Gasteiger partial charge >= 0.3 is 4.87 Å². The van der Waals surface area contributed by atoms with Crippen molar-refractivity contribution in [1.29, 1.82) is 0 Å². The Kier molecular flexibility index (Phi) is 4.44. The molecule has 118 valence electrons. The average molecular weight is 337 g/mol. The number of aryl methyl sites for hydroxylation is 2. The number of thiazole rings is 2. The van der Waals surface area contributed by atoms with Gasteiger partial charge in [-0.2, -0.15) is 0 Å². The number of amides is 1. The average Bonchev–Trinajstić information content (AvgIpc) is 3.00. The van der Waals surface area contributed by atoms with Crippen LogP contribution >= 0.6 is 22.7 Å². The maximum absolute atomic E-state index is 12.1. The fourth-order valence-corrected chi connectivity index (χ4v) is 4.61. The minimum atomic E-state index is -0.0864. The first-order valence-corrected chi connectivity index (χ1v) is 9.16. The number of hydrogen-bond acceptors (Lipinski definition) is 5. The van der Waals surface area contributed by atoms with Crippen molar-refractivity contribution >= 4 is 33.7 Å². The van der Waals surface area contributed by atoms with Crippen LogP contribution in [0, 0.1) is 12.8 Å². The molecule has 22 heavy (non-hydrogen) atoms. The summed E-state index contributed by atoms with van der Waals surface area (Å²) in [4.78, 5) is 29.5. The standard InChI is InChI=1S/C15H19N3O2S2/c1-9-3-4-11-12(7-9)22-14(16-11)17-13(19)5-6-18-10(2)8-21-15(18)20/h8-9H,3-7H2,1-2H3,(H,16,17,19). The first-order valence-electron chi connectivity index (χ1n) is 7.46. The van der Waals surface area contributed by atoms with Gasteiger partial charge in [0, 0.05) is 28.9 Å². The number of fused-ring (bicyclic) bond motifs is 1. The maximum Gasteiger partial charge on any atom is 0.307 e. The normalized spacial score (nSPS) is 17.3. The minimum Gasteiger partial charge on any atom is -0.303 e. The van der Waals surface area contributed by atoms with Crippen molar-refractivity contribution in [1.82, 2.24) is 9.55 Å². The molecule has 0 saturated carbocycles. The lowest BCUT2D eigenvalue weighted by Crippen LogP contribution is -2.20. The molecule has 1 aliphatic rings. The van der Waals surface area contributed by atoms with E-state index in [1.807, 2.05) is 12.3 Å². The van der Waals surface area contributed by atoms with Gasteiger partial charge in [0.1, 0.15) is 0 Å². The highest BCUT2D eigenvalue weighted by atomic mass is 32.1. The number of nitrogens with one attached hydrogen (secondary N) is 1. The van der Waals surface area contributed by atoms with Crippen LogP contribution in [0.15, 0.2) is 10.2 Å². The molecule has 0 aliphatic heterocycles. The number of aromatic nitrogens is 2. The molecule has 0 aromatic carbocycles. The summed E-state index contributed by atoms with van der Waals surface area (Å²) in [7, 11) is 0. The highest BCUT2D eigenvalue weighted by Gasteiger charge is 2.20. The second-order valence-electron chi connectivity index (χ2n) is 5.83. The number of carbonyl (C=O) groups excluding carboxylic acids is 1. The topological polar surface area (TPSA) is 64.0 Å². The Morgan fingerprint density at radius 3 is 3.09 bits per heavy atom. The molecule has 2 heterocycles. The van der Waals surface area contributed by atoms with Crippen molar-refractivity contribution in [2.75, 3.05) is 5.32 Å². The fourth-order valence-electron chi connectivity index (χ4n) is 2.66. The van der Waals surface area contributed by atoms with Crippen LogP contribution in [0.2, 0.25) is 0 Å². The smallest absolute Gasteiger partial charge is 0.303 e. The van der Waals surface area contributed by atoms with Crippen LogP contribution in [0.3, 0.4) is 0 Å². The molecule has 1 aliphatic carbocycles. The number of hydrogen-bond donors (Lipinski definition) is 1. The number of carbonyl (C=O) groups is 1. The van der Waals surface area contributed by atoms with Gasteiger partial charge in [0.2, 0.25) is 5.91 Å². The van der Waals surface area contributed by atoms with Gasteiger partial charge in [0.05, 0.1) is 5.69 Å². The van der Waals surface area contributed by atoms with Gasteiger partial charge in [-0.25, -0.2) is 4.98 Å². The van der Waals surface area contributed by atoms with E-state index in [2.05, 4.69) is 17.2 Å². The molecule has 0 spiro atoms. The third-order valence-corrected chi connectivity index (χ3v) is 5.89. The predicted molar refractivity (Wildman–Crippen MR) is 89.9 cm³/mol. The summed E-state index contributed by atoms with van der Waals surface area (Å²) in [6.45, 7) is 4.55. The van der Waals surface area contributed by atoms with Crippen LogP contribution in [-0.4, -0.2) is 15.5 Å². The fraction of sp³-hybridized carbons (Fsp3) is 0.533. The van der Waals surface area contributed by atoms with E-state index in [1.54, 1.807) is 15.9 Å². The van der Waals surface area contributed by atoms with Crippen LogP contribution in [0.5, 0.6) is 0 Å². The van der Waals surface area contributed by atoms with Crippen LogP contribution in [0.1, 0.15) is 36.0 Å². The number of anilines is 1. The van der Waals surface area contributed by atoms with Crippen molar-refractivity contribution in [3.8, 4) is 0 Å². The van der Waals surface area contributed by atoms with Crippen LogP contribution in [0.4, 0.5) is 5.13 Å². The molecular formula is C15H19N3O2S2. The van der Waals surface area contributed by atoms with Crippen molar-refractivity contribution in [3.05, 3.63) is 31.3 Å². The SMILES string of the molecule is Cc1csc(=O)n1CCC(=O)Nc1nc2c(s1)CC(C)CC2. The lowest BCUT2D eigenvalue weighted by atomic mass is 9.93. The molecule has 1 N–H and O–H groups in total. The largest absolute Gasteiger partial charge is 0.307 e. The molecular weight excluding hydrogens is 318 g/mol. The second kappa shape index (κ2) is 6.34. The molecule has 0 fully saturated rings. The summed E-state index contributed by atoms with van der Waals surface area (Å²) >= 11 is 2.76. The summed E-state index contributed by atoms with van der Waals surface area (Å²) < 4.78 is 1.64. The maximum atomic E-state index is 12.1. The Bertz CT molecular complexity index is 744. The van der Waals surface area contributed by atoms with E-state index in [-0.39, 0.29) is 17.2 Å². The summed E-state index contributed by atoms with van der Waals surface area (Å²) in [6.07, 6.45) is 3.53. The molecule has 3 rings (SSSR count). The molecule has 2 aromatic heterocycles. The Morgan fingerprint density at radius 1 is 1.55 bits per heavy atom. The Balaban J connectivity index is 1.59. The van der Waals surface area contributed by atoms with Crippen LogP contribution in [0.25, 0.3) is 0 Å². The Morgan fingerprint density at radius 2 is 2.36 bits per heavy atom. The van der Waals surface area contributed by atoms with Crippen LogP contribution < -0.4 is 10.2 Å². The molecule has 0 bridgehead atoms. The Labute approximate surface area is 137 Å². The van der Waals surface area contributed by atoms with Gasteiger partial charge in [-0.1, -0.05) is 18.3 Å². The summed E-state index contributed by atoms with van der Waals surface area (Å²) in [6, 6.07) is 0. The van der Waals surface area contributed by atoms with Gasteiger partial charge in [-0.3, -0.25) is 9.59 Å². The first-order chi connectivity index (χ1) is 10.5. The van der Waals surface area contributed by atoms with E-state index in [1.165, 1.54) is 22.6 Å².